The summed E-state index contributed by atoms with van der Waals surface area (Å²) in [5.41, 5.74) is 1.18. The number of hydrogen-bond donors (Lipinski definition) is 2. The average molecular weight is 686 g/mol. The fourth-order valence-corrected chi connectivity index (χ4v) is 8.27. The summed E-state index contributed by atoms with van der Waals surface area (Å²) >= 11 is 7.59. The van der Waals surface area contributed by atoms with E-state index in [2.05, 4.69) is 10.0 Å². The summed E-state index contributed by atoms with van der Waals surface area (Å²) in [6.45, 7) is 5.78. The van der Waals surface area contributed by atoms with E-state index in [-0.39, 0.29) is 17.8 Å². The van der Waals surface area contributed by atoms with Crippen molar-refractivity contribution in [3.8, 4) is 0 Å². The largest absolute Gasteiger partial charge is 0.456 e. The van der Waals surface area contributed by atoms with Gasteiger partial charge in [0, 0.05) is 34.1 Å². The topological polar surface area (TPSA) is 122 Å². The minimum atomic E-state index is -3.55. The van der Waals surface area contributed by atoms with E-state index in [4.69, 9.17) is 16.3 Å². The van der Waals surface area contributed by atoms with Crippen LogP contribution < -0.4 is 10.0 Å². The van der Waals surface area contributed by atoms with Gasteiger partial charge in [-0.05, 0) is 81.5 Å². The molecule has 1 aromatic heterocycles. The molecule has 2 aliphatic rings. The molecule has 3 aromatic rings. The number of thiophene rings is 1. The number of nitrogens with zero attached hydrogens (tertiary/aromatic N) is 1. The maximum atomic E-state index is 14.3. The minimum Gasteiger partial charge on any atom is -0.456 e. The number of ether oxygens (including phenoxy) is 1. The Morgan fingerprint density at radius 2 is 1.72 bits per heavy atom. The Morgan fingerprint density at radius 3 is 2.41 bits per heavy atom. The number of carbonyl (C=O) groups excluding carboxylic acids is 3. The van der Waals surface area contributed by atoms with Crippen LogP contribution in [-0.2, 0) is 26.0 Å². The number of hydrogen-bond acceptors (Lipinski definition) is 7. The van der Waals surface area contributed by atoms with Crippen LogP contribution in [0.25, 0.3) is 0 Å². The number of amides is 2. The van der Waals surface area contributed by atoms with E-state index < -0.39 is 39.7 Å². The highest BCUT2D eigenvalue weighted by Crippen LogP contribution is 2.46. The molecule has 2 aromatic carbocycles. The molecule has 46 heavy (non-hydrogen) atoms. The number of sulfonamides is 1. The monoisotopic (exact) mass is 685 g/mol. The third-order valence-corrected chi connectivity index (χ3v) is 10.4. The first kappa shape index (κ1) is 34.1. The van der Waals surface area contributed by atoms with Crippen LogP contribution in [0.1, 0.15) is 94.4 Å². The zero-order valence-corrected chi connectivity index (χ0v) is 28.8. The van der Waals surface area contributed by atoms with Crippen LogP contribution in [0.2, 0.25) is 5.02 Å². The molecule has 0 radical (unpaired) electrons. The van der Waals surface area contributed by atoms with Crippen molar-refractivity contribution in [2.45, 2.75) is 82.5 Å². The van der Waals surface area contributed by atoms with E-state index in [0.717, 1.165) is 29.5 Å². The minimum absolute atomic E-state index is 0.236. The normalized spacial score (nSPS) is 21.8. The lowest BCUT2D eigenvalue weighted by molar-refractivity contribution is -0.124. The highest BCUT2D eigenvalue weighted by atomic mass is 35.5. The number of fused-ring (bicyclic) bond motifs is 1. The van der Waals surface area contributed by atoms with E-state index in [1.165, 1.54) is 11.3 Å². The Balaban J connectivity index is 1.46. The molecule has 1 fully saturated rings. The molecule has 2 amide bonds. The molecule has 246 valence electrons. The Labute approximate surface area is 279 Å². The molecule has 0 spiro atoms. The summed E-state index contributed by atoms with van der Waals surface area (Å²) in [4.78, 5) is 44.3. The van der Waals surface area contributed by atoms with Gasteiger partial charge in [0.15, 0.2) is 0 Å². The summed E-state index contributed by atoms with van der Waals surface area (Å²) in [5, 5.41) is 3.62. The molecular weight excluding hydrogens is 646 g/mol. The van der Waals surface area contributed by atoms with E-state index >= 15 is 0 Å². The second-order valence-electron chi connectivity index (χ2n) is 12.9. The highest BCUT2D eigenvalue weighted by Gasteiger charge is 2.48. The van der Waals surface area contributed by atoms with Crippen LogP contribution in [-0.4, -0.2) is 61.6 Å². The first-order valence-electron chi connectivity index (χ1n) is 15.5. The molecule has 2 heterocycles. The molecule has 4 atom stereocenters. The predicted octanol–water partition coefficient (Wildman–Crippen LogP) is 5.86. The maximum absolute atomic E-state index is 14.3. The Bertz CT molecular complexity index is 1700. The molecule has 12 heteroatoms. The van der Waals surface area contributed by atoms with Crippen LogP contribution in [0.5, 0.6) is 0 Å². The van der Waals surface area contributed by atoms with Gasteiger partial charge in [0.2, 0.25) is 15.9 Å². The molecule has 1 aliphatic carbocycles. The molecule has 0 unspecified atom stereocenters. The standard InChI is InChI=1S/C34H40ClN3O6S2/c1-34(2,3)44-33(41)28-18-17-23(45-28)19-20-36-31(39)29-24-9-5-6-10-25(24)32(40)38(30(29)21-13-15-22(35)16-14-21)27-12-8-7-11-26(27)37-46(4,42)43/h5-6,9-10,13-18,26-27,29-30,37H,7-8,11-12,19-20H2,1-4H3,(H,36,39)/t26-,27-,29+,30-/m0/s1. The highest BCUT2D eigenvalue weighted by molar-refractivity contribution is 7.88. The Hall–Kier alpha value is -3.25. The fourth-order valence-electron chi connectivity index (χ4n) is 6.44. The van der Waals surface area contributed by atoms with Gasteiger partial charge >= 0.3 is 5.97 Å². The summed E-state index contributed by atoms with van der Waals surface area (Å²) in [6, 6.07) is 16.2. The number of rotatable bonds is 9. The van der Waals surface area contributed by atoms with Crippen molar-refractivity contribution < 1.29 is 27.5 Å². The molecule has 1 aliphatic heterocycles. The molecule has 0 bridgehead atoms. The van der Waals surface area contributed by atoms with Gasteiger partial charge in [-0.15, -0.1) is 11.3 Å². The number of halogens is 1. The summed E-state index contributed by atoms with van der Waals surface area (Å²) in [7, 11) is -3.55. The summed E-state index contributed by atoms with van der Waals surface area (Å²) in [5.74, 6) is -1.64. The quantitative estimate of drug-likeness (QED) is 0.272. The summed E-state index contributed by atoms with van der Waals surface area (Å²) in [6.07, 6.45) is 4.47. The zero-order valence-electron chi connectivity index (χ0n) is 26.4. The number of nitrogens with one attached hydrogen (secondary N) is 2. The van der Waals surface area contributed by atoms with Gasteiger partial charge < -0.3 is 15.0 Å². The van der Waals surface area contributed by atoms with E-state index in [1.54, 1.807) is 35.2 Å². The van der Waals surface area contributed by atoms with Crippen LogP contribution in [0.4, 0.5) is 0 Å². The smallest absolute Gasteiger partial charge is 0.348 e. The number of benzene rings is 2. The molecule has 5 rings (SSSR count). The van der Waals surface area contributed by atoms with Crippen molar-refractivity contribution in [1.29, 1.82) is 0 Å². The maximum Gasteiger partial charge on any atom is 0.348 e. The fraction of sp³-hybridized carbons (Fsp3) is 0.441. The van der Waals surface area contributed by atoms with Gasteiger partial charge in [0.05, 0.1) is 18.2 Å². The molecule has 2 N–H and O–H groups in total. The second-order valence-corrected chi connectivity index (χ2v) is 16.3. The van der Waals surface area contributed by atoms with Gasteiger partial charge in [-0.25, -0.2) is 17.9 Å². The Kier molecular flexibility index (Phi) is 10.3. The number of carbonyl (C=O) groups is 3. The molecule has 1 saturated carbocycles. The van der Waals surface area contributed by atoms with Crippen molar-refractivity contribution >= 4 is 50.7 Å². The molecule has 9 nitrogen and oxygen atoms in total. The first-order valence-corrected chi connectivity index (χ1v) is 18.5. The van der Waals surface area contributed by atoms with Crippen molar-refractivity contribution in [3.63, 3.8) is 0 Å². The van der Waals surface area contributed by atoms with Crippen LogP contribution in [0, 0.1) is 0 Å². The SMILES string of the molecule is CC(C)(C)OC(=O)c1ccc(CCNC(=O)[C@@H]2c3ccccc3C(=O)N([C@H]3CCCC[C@@H]3NS(C)(=O)=O)[C@H]2c2ccc(Cl)cc2)s1. The van der Waals surface area contributed by atoms with Gasteiger partial charge in [-0.3, -0.25) is 9.59 Å². The van der Waals surface area contributed by atoms with Crippen LogP contribution >= 0.6 is 22.9 Å². The van der Waals surface area contributed by atoms with Crippen molar-refractivity contribution in [2.24, 2.45) is 0 Å². The predicted molar refractivity (Wildman–Crippen MR) is 180 cm³/mol. The van der Waals surface area contributed by atoms with Crippen LogP contribution in [0.15, 0.2) is 60.7 Å². The first-order chi connectivity index (χ1) is 21.7. The lowest BCUT2D eigenvalue weighted by Crippen LogP contribution is -2.59. The van der Waals surface area contributed by atoms with Crippen molar-refractivity contribution in [3.05, 3.63) is 92.1 Å². The van der Waals surface area contributed by atoms with E-state index in [0.29, 0.717) is 46.8 Å². The lowest BCUT2D eigenvalue weighted by Gasteiger charge is -2.49. The van der Waals surface area contributed by atoms with Crippen molar-refractivity contribution in [2.75, 3.05) is 12.8 Å². The van der Waals surface area contributed by atoms with Gasteiger partial charge in [-0.1, -0.05) is 54.8 Å². The molecular formula is C34H40ClN3O6S2. The average Bonchev–Trinajstić information content (AvgIpc) is 3.46. The zero-order chi connectivity index (χ0) is 33.2. The third-order valence-electron chi connectivity index (χ3n) is 8.25. The Morgan fingerprint density at radius 1 is 1.02 bits per heavy atom. The van der Waals surface area contributed by atoms with Crippen molar-refractivity contribution in [1.82, 2.24) is 14.9 Å². The van der Waals surface area contributed by atoms with E-state index in [1.807, 2.05) is 51.1 Å². The van der Waals surface area contributed by atoms with Gasteiger partial charge in [0.1, 0.15) is 10.5 Å². The van der Waals surface area contributed by atoms with E-state index in [9.17, 15) is 22.8 Å². The summed E-state index contributed by atoms with van der Waals surface area (Å²) < 4.78 is 33.0. The van der Waals surface area contributed by atoms with Crippen LogP contribution in [0.3, 0.4) is 0 Å². The van der Waals surface area contributed by atoms with Gasteiger partial charge in [0.25, 0.3) is 5.91 Å². The lowest BCUT2D eigenvalue weighted by atomic mass is 9.76. The number of esters is 1. The molecule has 0 saturated heterocycles. The second kappa shape index (κ2) is 13.9. The van der Waals surface area contributed by atoms with Gasteiger partial charge in [-0.2, -0.15) is 0 Å². The third kappa shape index (κ3) is 7.99.